The van der Waals surface area contributed by atoms with Crippen molar-refractivity contribution in [2.45, 2.75) is 5.16 Å². The number of thioether (sulfide) groups is 1. The van der Waals surface area contributed by atoms with Crippen LogP contribution in [0.5, 0.6) is 5.75 Å². The third-order valence-electron chi connectivity index (χ3n) is 2.72. The van der Waals surface area contributed by atoms with Gasteiger partial charge >= 0.3 is 0 Å². The van der Waals surface area contributed by atoms with Crippen LogP contribution in [0, 0.1) is 11.3 Å². The fourth-order valence-electron chi connectivity index (χ4n) is 1.59. The van der Waals surface area contributed by atoms with Gasteiger partial charge in [-0.15, -0.1) is 0 Å². The number of nitriles is 1. The van der Waals surface area contributed by atoms with Crippen LogP contribution < -0.4 is 10.5 Å². The molecule has 0 unspecified atom stereocenters. The van der Waals surface area contributed by atoms with Gasteiger partial charge in [0.1, 0.15) is 23.2 Å². The van der Waals surface area contributed by atoms with Gasteiger partial charge in [0.2, 0.25) is 0 Å². The van der Waals surface area contributed by atoms with Crippen LogP contribution in [0.2, 0.25) is 0 Å². The predicted molar refractivity (Wildman–Crippen MR) is 86.9 cm³/mol. The Hall–Kier alpha value is -2.11. The lowest BCUT2D eigenvalue weighted by molar-refractivity contribution is 0.102. The summed E-state index contributed by atoms with van der Waals surface area (Å²) in [6.07, 6.45) is 1.35. The molecule has 22 heavy (non-hydrogen) atoms. The van der Waals surface area contributed by atoms with Crippen LogP contribution in [-0.4, -0.2) is 28.6 Å². The number of halogens is 1. The second kappa shape index (κ2) is 7.24. The van der Waals surface area contributed by atoms with Gasteiger partial charge in [-0.05, 0) is 34.1 Å². The molecule has 0 bridgehead atoms. The summed E-state index contributed by atoms with van der Waals surface area (Å²) in [5.41, 5.74) is 6.38. The quantitative estimate of drug-likeness (QED) is 0.484. The highest BCUT2D eigenvalue weighted by Crippen LogP contribution is 2.26. The number of nitrogens with zero attached hydrogens (tertiary/aromatic N) is 3. The van der Waals surface area contributed by atoms with E-state index < -0.39 is 0 Å². The van der Waals surface area contributed by atoms with E-state index in [1.807, 2.05) is 6.07 Å². The highest BCUT2D eigenvalue weighted by atomic mass is 79.9. The van der Waals surface area contributed by atoms with E-state index in [-0.39, 0.29) is 22.9 Å². The van der Waals surface area contributed by atoms with Crippen molar-refractivity contribution in [1.29, 1.82) is 5.26 Å². The van der Waals surface area contributed by atoms with Gasteiger partial charge in [0.25, 0.3) is 0 Å². The number of ether oxygens (including phenoxy) is 1. The van der Waals surface area contributed by atoms with Gasteiger partial charge in [-0.2, -0.15) is 5.26 Å². The second-order valence-electron chi connectivity index (χ2n) is 4.12. The smallest absolute Gasteiger partial charge is 0.189 e. The summed E-state index contributed by atoms with van der Waals surface area (Å²) in [6, 6.07) is 7.01. The molecule has 0 atom stereocenters. The van der Waals surface area contributed by atoms with Gasteiger partial charge in [-0.1, -0.05) is 11.8 Å². The maximum atomic E-state index is 12.2. The van der Waals surface area contributed by atoms with Crippen LogP contribution in [0.1, 0.15) is 15.9 Å². The summed E-state index contributed by atoms with van der Waals surface area (Å²) >= 11 is 4.51. The molecule has 0 amide bonds. The number of carbonyl (C=O) groups excluding carboxylic acids is 1. The molecule has 0 saturated carbocycles. The summed E-state index contributed by atoms with van der Waals surface area (Å²) in [6.45, 7) is 0. The lowest BCUT2D eigenvalue weighted by Crippen LogP contribution is -2.04. The molecule has 1 aromatic carbocycles. The minimum absolute atomic E-state index is 0.0696. The highest BCUT2D eigenvalue weighted by Gasteiger charge is 2.11. The lowest BCUT2D eigenvalue weighted by Gasteiger charge is -2.06. The van der Waals surface area contributed by atoms with E-state index >= 15 is 0 Å². The minimum Gasteiger partial charge on any atom is -0.496 e. The first-order valence-corrected chi connectivity index (χ1v) is 7.85. The van der Waals surface area contributed by atoms with Crippen LogP contribution in [-0.2, 0) is 0 Å². The van der Waals surface area contributed by atoms with Crippen molar-refractivity contribution in [3.05, 3.63) is 40.0 Å². The average Bonchev–Trinajstić information content (AvgIpc) is 2.52. The number of benzene rings is 1. The molecule has 0 aliphatic heterocycles. The average molecular weight is 379 g/mol. The Balaban J connectivity index is 2.05. The number of anilines is 1. The molecule has 1 aromatic heterocycles. The Morgan fingerprint density at radius 2 is 2.32 bits per heavy atom. The zero-order valence-electron chi connectivity index (χ0n) is 11.5. The SMILES string of the molecule is COc1ccc(C(=O)CSc2ncc(C#N)c(N)n2)cc1Br. The van der Waals surface area contributed by atoms with Crippen molar-refractivity contribution in [1.82, 2.24) is 9.97 Å². The monoisotopic (exact) mass is 378 g/mol. The topological polar surface area (TPSA) is 102 Å². The number of aromatic nitrogens is 2. The molecule has 6 nitrogen and oxygen atoms in total. The molecule has 0 aliphatic rings. The van der Waals surface area contributed by atoms with Crippen LogP contribution >= 0.6 is 27.7 Å². The highest BCUT2D eigenvalue weighted by molar-refractivity contribution is 9.10. The standard InChI is InChI=1S/C14H11BrN4O2S/c1-21-12-3-2-8(4-10(12)15)11(20)7-22-14-18-6-9(5-16)13(17)19-14/h2-4,6H,7H2,1H3,(H2,17,18,19). The molecule has 2 N–H and O–H groups in total. The predicted octanol–water partition coefficient (Wildman–Crippen LogP) is 2.68. The maximum absolute atomic E-state index is 12.2. The fraction of sp³-hybridized carbons (Fsp3) is 0.143. The minimum atomic E-state index is -0.0696. The van der Waals surface area contributed by atoms with E-state index in [0.717, 1.165) is 11.8 Å². The number of ketones is 1. The Morgan fingerprint density at radius 3 is 2.91 bits per heavy atom. The van der Waals surface area contributed by atoms with Gasteiger partial charge in [-0.3, -0.25) is 4.79 Å². The molecular weight excluding hydrogens is 368 g/mol. The molecule has 0 radical (unpaired) electrons. The fourth-order valence-corrected chi connectivity index (χ4v) is 2.84. The maximum Gasteiger partial charge on any atom is 0.189 e. The van der Waals surface area contributed by atoms with Crippen molar-refractivity contribution in [3.8, 4) is 11.8 Å². The van der Waals surface area contributed by atoms with Crippen LogP contribution in [0.3, 0.4) is 0 Å². The molecular formula is C14H11BrN4O2S. The van der Waals surface area contributed by atoms with Gasteiger partial charge in [0.05, 0.1) is 23.5 Å². The Bertz CT molecular complexity index is 761. The van der Waals surface area contributed by atoms with E-state index in [2.05, 4.69) is 25.9 Å². The largest absolute Gasteiger partial charge is 0.496 e. The first-order valence-electron chi connectivity index (χ1n) is 6.07. The number of hydrogen-bond acceptors (Lipinski definition) is 7. The summed E-state index contributed by atoms with van der Waals surface area (Å²) < 4.78 is 5.83. The van der Waals surface area contributed by atoms with Crippen LogP contribution in [0.4, 0.5) is 5.82 Å². The summed E-state index contributed by atoms with van der Waals surface area (Å²) in [4.78, 5) is 20.1. The zero-order valence-corrected chi connectivity index (χ0v) is 13.9. The van der Waals surface area contributed by atoms with E-state index in [4.69, 9.17) is 15.7 Å². The van der Waals surface area contributed by atoms with E-state index in [9.17, 15) is 4.79 Å². The van der Waals surface area contributed by atoms with E-state index in [0.29, 0.717) is 20.9 Å². The number of nitrogens with two attached hydrogens (primary N) is 1. The molecule has 0 spiro atoms. The molecule has 112 valence electrons. The number of carbonyl (C=O) groups is 1. The van der Waals surface area contributed by atoms with Crippen molar-refractivity contribution in [2.75, 3.05) is 18.6 Å². The summed E-state index contributed by atoms with van der Waals surface area (Å²) in [5, 5.41) is 9.12. The summed E-state index contributed by atoms with van der Waals surface area (Å²) in [5.74, 6) is 0.872. The Morgan fingerprint density at radius 1 is 1.55 bits per heavy atom. The van der Waals surface area contributed by atoms with Crippen LogP contribution in [0.25, 0.3) is 0 Å². The molecule has 2 aromatic rings. The number of nitrogen functional groups attached to an aromatic ring is 1. The number of rotatable bonds is 5. The molecule has 1 heterocycles. The van der Waals surface area contributed by atoms with E-state index in [1.165, 1.54) is 6.20 Å². The third kappa shape index (κ3) is 3.75. The van der Waals surface area contributed by atoms with Gasteiger partial charge < -0.3 is 10.5 Å². The Labute approximate surface area is 139 Å². The van der Waals surface area contributed by atoms with Crippen molar-refractivity contribution < 1.29 is 9.53 Å². The zero-order chi connectivity index (χ0) is 16.1. The van der Waals surface area contributed by atoms with Gasteiger partial charge in [0.15, 0.2) is 10.9 Å². The van der Waals surface area contributed by atoms with E-state index in [1.54, 1.807) is 25.3 Å². The Kier molecular flexibility index (Phi) is 5.35. The third-order valence-corrected chi connectivity index (χ3v) is 4.20. The molecule has 0 aliphatic carbocycles. The molecule has 2 rings (SSSR count). The first kappa shape index (κ1) is 16.3. The van der Waals surface area contributed by atoms with Gasteiger partial charge in [-0.25, -0.2) is 9.97 Å². The summed E-state index contributed by atoms with van der Waals surface area (Å²) in [7, 11) is 1.56. The van der Waals surface area contributed by atoms with Crippen molar-refractivity contribution >= 4 is 39.3 Å². The molecule has 0 fully saturated rings. The normalized spacial score (nSPS) is 10.0. The second-order valence-corrected chi connectivity index (χ2v) is 5.92. The van der Waals surface area contributed by atoms with Crippen molar-refractivity contribution in [2.24, 2.45) is 0 Å². The molecule has 8 heteroatoms. The number of Topliss-reactive ketones (excluding diaryl/α,β-unsaturated/α-hetero) is 1. The van der Waals surface area contributed by atoms with Crippen molar-refractivity contribution in [3.63, 3.8) is 0 Å². The first-order chi connectivity index (χ1) is 10.5. The number of methoxy groups -OCH3 is 1. The lowest BCUT2D eigenvalue weighted by atomic mass is 10.1. The van der Waals surface area contributed by atoms with Gasteiger partial charge in [0, 0.05) is 5.56 Å². The number of hydrogen-bond donors (Lipinski definition) is 1. The molecule has 0 saturated heterocycles. The van der Waals surface area contributed by atoms with Crippen LogP contribution in [0.15, 0.2) is 34.0 Å².